The van der Waals surface area contributed by atoms with Gasteiger partial charge < -0.3 is 15.4 Å². The first-order valence-corrected chi connectivity index (χ1v) is 7.90. The molecule has 1 aliphatic rings. The summed E-state index contributed by atoms with van der Waals surface area (Å²) in [5.41, 5.74) is 1.21. The van der Waals surface area contributed by atoms with Gasteiger partial charge >= 0.3 is 6.03 Å². The van der Waals surface area contributed by atoms with Crippen molar-refractivity contribution in [3.05, 3.63) is 29.8 Å². The van der Waals surface area contributed by atoms with Crippen LogP contribution in [0.5, 0.6) is 5.75 Å². The Kier molecular flexibility index (Phi) is 5.90. The molecule has 21 heavy (non-hydrogen) atoms. The van der Waals surface area contributed by atoms with Crippen LogP contribution in [0.3, 0.4) is 0 Å². The second kappa shape index (κ2) is 7.91. The Morgan fingerprint density at radius 3 is 2.57 bits per heavy atom. The Balaban J connectivity index is 1.67. The van der Waals surface area contributed by atoms with E-state index in [1.54, 1.807) is 0 Å². The molecule has 1 fully saturated rings. The molecule has 0 heterocycles. The summed E-state index contributed by atoms with van der Waals surface area (Å²) in [5.74, 6) is 0.835. The Labute approximate surface area is 127 Å². The number of ether oxygens (including phenoxy) is 1. The van der Waals surface area contributed by atoms with Gasteiger partial charge in [-0.2, -0.15) is 0 Å². The van der Waals surface area contributed by atoms with Gasteiger partial charge in [-0.3, -0.25) is 0 Å². The lowest BCUT2D eigenvalue weighted by molar-refractivity contribution is 0.219. The molecule has 2 N–H and O–H groups in total. The standard InChI is InChI=1S/C17H26N2O2/c1-13-8-10-16(11-9-13)21-12-14(2)18-17(20)19-15-6-4-3-5-7-15/h8-11,14-15H,3-7,12H2,1-2H3,(H2,18,19,20). The molecule has 4 nitrogen and oxygen atoms in total. The molecule has 1 atom stereocenters. The number of urea groups is 1. The number of carbonyl (C=O) groups excluding carboxylic acids is 1. The molecule has 4 heteroatoms. The van der Waals surface area contributed by atoms with Gasteiger partial charge in [0.05, 0.1) is 6.04 Å². The van der Waals surface area contributed by atoms with Crippen LogP contribution in [0.15, 0.2) is 24.3 Å². The highest BCUT2D eigenvalue weighted by Crippen LogP contribution is 2.17. The van der Waals surface area contributed by atoms with Gasteiger partial charge in [0.2, 0.25) is 0 Å². The van der Waals surface area contributed by atoms with Gasteiger partial charge in [0.25, 0.3) is 0 Å². The monoisotopic (exact) mass is 290 g/mol. The summed E-state index contributed by atoms with van der Waals surface area (Å²) in [6.45, 7) is 4.47. The fraction of sp³-hybridized carbons (Fsp3) is 0.588. The molecule has 116 valence electrons. The van der Waals surface area contributed by atoms with Crippen molar-refractivity contribution >= 4 is 6.03 Å². The van der Waals surface area contributed by atoms with Crippen molar-refractivity contribution in [2.75, 3.05) is 6.61 Å². The van der Waals surface area contributed by atoms with E-state index in [4.69, 9.17) is 4.74 Å². The summed E-state index contributed by atoms with van der Waals surface area (Å²) in [7, 11) is 0. The van der Waals surface area contributed by atoms with Crippen LogP contribution in [0.2, 0.25) is 0 Å². The molecule has 1 aliphatic carbocycles. The largest absolute Gasteiger partial charge is 0.491 e. The Morgan fingerprint density at radius 2 is 1.90 bits per heavy atom. The average Bonchev–Trinajstić information content (AvgIpc) is 2.47. The predicted octanol–water partition coefficient (Wildman–Crippen LogP) is 3.39. The third-order valence-corrected chi connectivity index (χ3v) is 3.84. The van der Waals surface area contributed by atoms with E-state index >= 15 is 0 Å². The first-order valence-electron chi connectivity index (χ1n) is 7.90. The van der Waals surface area contributed by atoms with Crippen molar-refractivity contribution in [3.8, 4) is 5.75 Å². The second-order valence-electron chi connectivity index (χ2n) is 5.98. The lowest BCUT2D eigenvalue weighted by Gasteiger charge is -2.24. The number of hydrogen-bond donors (Lipinski definition) is 2. The summed E-state index contributed by atoms with van der Waals surface area (Å²) in [6, 6.07) is 8.17. The molecule has 1 unspecified atom stereocenters. The molecule has 0 saturated heterocycles. The summed E-state index contributed by atoms with van der Waals surface area (Å²) < 4.78 is 5.67. The highest BCUT2D eigenvalue weighted by atomic mass is 16.5. The number of nitrogens with one attached hydrogen (secondary N) is 2. The van der Waals surface area contributed by atoms with E-state index in [0.717, 1.165) is 18.6 Å². The molecule has 1 saturated carbocycles. The van der Waals surface area contributed by atoms with Gasteiger partial charge in [0.1, 0.15) is 12.4 Å². The predicted molar refractivity (Wildman–Crippen MR) is 84.7 cm³/mol. The van der Waals surface area contributed by atoms with E-state index in [9.17, 15) is 4.79 Å². The van der Waals surface area contributed by atoms with E-state index < -0.39 is 0 Å². The van der Waals surface area contributed by atoms with E-state index in [1.165, 1.54) is 24.8 Å². The van der Waals surface area contributed by atoms with Gasteiger partial charge in [-0.15, -0.1) is 0 Å². The van der Waals surface area contributed by atoms with Crippen molar-refractivity contribution in [2.45, 2.75) is 58.0 Å². The summed E-state index contributed by atoms with van der Waals surface area (Å²) in [4.78, 5) is 11.9. The van der Waals surface area contributed by atoms with Crippen LogP contribution in [-0.2, 0) is 0 Å². The third kappa shape index (κ3) is 5.66. The van der Waals surface area contributed by atoms with Gasteiger partial charge in [-0.25, -0.2) is 4.79 Å². The smallest absolute Gasteiger partial charge is 0.315 e. The molecule has 1 aromatic carbocycles. The zero-order valence-electron chi connectivity index (χ0n) is 13.0. The summed E-state index contributed by atoms with van der Waals surface area (Å²) in [5, 5.41) is 5.98. The quantitative estimate of drug-likeness (QED) is 0.873. The van der Waals surface area contributed by atoms with Gasteiger partial charge in [0, 0.05) is 6.04 Å². The van der Waals surface area contributed by atoms with Crippen LogP contribution in [0.4, 0.5) is 4.79 Å². The van der Waals surface area contributed by atoms with Crippen molar-refractivity contribution < 1.29 is 9.53 Å². The summed E-state index contributed by atoms with van der Waals surface area (Å²) in [6.07, 6.45) is 5.93. The van der Waals surface area contributed by atoms with Crippen molar-refractivity contribution in [1.29, 1.82) is 0 Å². The van der Waals surface area contributed by atoms with Crippen LogP contribution in [-0.4, -0.2) is 24.7 Å². The number of amides is 2. The van der Waals surface area contributed by atoms with Crippen molar-refractivity contribution in [2.24, 2.45) is 0 Å². The Morgan fingerprint density at radius 1 is 1.24 bits per heavy atom. The highest BCUT2D eigenvalue weighted by molar-refractivity contribution is 5.74. The second-order valence-corrected chi connectivity index (χ2v) is 5.98. The summed E-state index contributed by atoms with van der Waals surface area (Å²) >= 11 is 0. The molecular weight excluding hydrogens is 264 g/mol. The van der Waals surface area contributed by atoms with E-state index in [0.29, 0.717) is 12.6 Å². The lowest BCUT2D eigenvalue weighted by Crippen LogP contribution is -2.47. The Hall–Kier alpha value is -1.71. The van der Waals surface area contributed by atoms with Crippen LogP contribution < -0.4 is 15.4 Å². The zero-order valence-corrected chi connectivity index (χ0v) is 13.0. The Bertz CT molecular complexity index is 439. The van der Waals surface area contributed by atoms with Crippen molar-refractivity contribution in [3.63, 3.8) is 0 Å². The number of rotatable bonds is 5. The van der Waals surface area contributed by atoms with Crippen LogP contribution in [0, 0.1) is 6.92 Å². The molecule has 0 spiro atoms. The van der Waals surface area contributed by atoms with E-state index in [2.05, 4.69) is 10.6 Å². The number of benzene rings is 1. The fourth-order valence-corrected chi connectivity index (χ4v) is 2.60. The first kappa shape index (κ1) is 15.7. The van der Waals surface area contributed by atoms with Gasteiger partial charge in [-0.1, -0.05) is 37.0 Å². The SMILES string of the molecule is Cc1ccc(OCC(C)NC(=O)NC2CCCCC2)cc1. The first-order chi connectivity index (χ1) is 10.1. The molecule has 1 aromatic rings. The highest BCUT2D eigenvalue weighted by Gasteiger charge is 2.16. The van der Waals surface area contributed by atoms with Crippen LogP contribution in [0.1, 0.15) is 44.6 Å². The maximum absolute atomic E-state index is 11.9. The maximum Gasteiger partial charge on any atom is 0.315 e. The van der Waals surface area contributed by atoms with Crippen LogP contribution >= 0.6 is 0 Å². The minimum Gasteiger partial charge on any atom is -0.491 e. The molecule has 0 radical (unpaired) electrons. The molecular formula is C17H26N2O2. The van der Waals surface area contributed by atoms with Crippen molar-refractivity contribution in [1.82, 2.24) is 10.6 Å². The maximum atomic E-state index is 11.9. The van der Waals surface area contributed by atoms with Gasteiger partial charge in [-0.05, 0) is 38.8 Å². The molecule has 2 amide bonds. The third-order valence-electron chi connectivity index (χ3n) is 3.84. The van der Waals surface area contributed by atoms with Crippen LogP contribution in [0.25, 0.3) is 0 Å². The number of carbonyl (C=O) groups is 1. The zero-order chi connectivity index (χ0) is 15.1. The number of aryl methyl sites for hydroxylation is 1. The van der Waals surface area contributed by atoms with E-state index in [-0.39, 0.29) is 12.1 Å². The number of hydrogen-bond acceptors (Lipinski definition) is 2. The molecule has 0 bridgehead atoms. The fourth-order valence-electron chi connectivity index (χ4n) is 2.60. The average molecular weight is 290 g/mol. The minimum absolute atomic E-state index is 0.0186. The molecule has 2 rings (SSSR count). The lowest BCUT2D eigenvalue weighted by atomic mass is 9.96. The minimum atomic E-state index is -0.0816. The normalized spacial score (nSPS) is 17.0. The van der Waals surface area contributed by atoms with E-state index in [1.807, 2.05) is 38.1 Å². The molecule has 0 aromatic heterocycles. The molecule has 0 aliphatic heterocycles. The van der Waals surface area contributed by atoms with Gasteiger partial charge in [0.15, 0.2) is 0 Å². The topological polar surface area (TPSA) is 50.4 Å².